The highest BCUT2D eigenvalue weighted by atomic mass is 19.3. The normalized spacial score (nSPS) is 25.8. The lowest BCUT2D eigenvalue weighted by Gasteiger charge is -2.40. The van der Waals surface area contributed by atoms with Crippen molar-refractivity contribution in [2.24, 2.45) is 5.41 Å². The molecule has 1 aromatic heterocycles. The summed E-state index contributed by atoms with van der Waals surface area (Å²) in [5, 5.41) is 3.03. The van der Waals surface area contributed by atoms with Gasteiger partial charge in [0.05, 0.1) is 17.1 Å². The quantitative estimate of drug-likeness (QED) is 0.396. The number of benzene rings is 2. The van der Waals surface area contributed by atoms with Gasteiger partial charge in [0, 0.05) is 31.6 Å². The van der Waals surface area contributed by atoms with Gasteiger partial charge in [0.1, 0.15) is 11.2 Å². The monoisotopic (exact) mass is 506 g/mol. The molecule has 1 amide bonds. The van der Waals surface area contributed by atoms with E-state index in [1.165, 1.54) is 18.4 Å². The fourth-order valence-corrected chi connectivity index (χ4v) is 7.02. The minimum atomic E-state index is -3.01. The maximum Gasteiger partial charge on any atom is 0.259 e. The number of nitrogens with one attached hydrogen (secondary N) is 1. The molecule has 1 saturated carbocycles. The van der Waals surface area contributed by atoms with Crippen LogP contribution in [0.15, 0.2) is 54.6 Å². The molecule has 1 N–H and O–H groups in total. The zero-order valence-corrected chi connectivity index (χ0v) is 21.7. The zero-order chi connectivity index (χ0) is 25.8. The van der Waals surface area contributed by atoms with Crippen molar-refractivity contribution in [1.29, 1.82) is 0 Å². The molecule has 2 bridgehead atoms. The van der Waals surface area contributed by atoms with Crippen molar-refractivity contribution in [2.75, 3.05) is 6.54 Å². The van der Waals surface area contributed by atoms with E-state index in [1.807, 2.05) is 36.4 Å². The Bertz CT molecular complexity index is 1270. The molecule has 3 aromatic rings. The van der Waals surface area contributed by atoms with Crippen LogP contribution in [0, 0.1) is 12.3 Å². The van der Waals surface area contributed by atoms with Gasteiger partial charge in [-0.3, -0.25) is 9.69 Å². The fourth-order valence-electron chi connectivity index (χ4n) is 7.02. The summed E-state index contributed by atoms with van der Waals surface area (Å²) in [5.41, 5.74) is 1.71. The van der Waals surface area contributed by atoms with Crippen molar-refractivity contribution in [2.45, 2.75) is 88.9 Å². The van der Waals surface area contributed by atoms with E-state index in [0.717, 1.165) is 43.2 Å². The zero-order valence-electron chi connectivity index (χ0n) is 21.7. The van der Waals surface area contributed by atoms with Gasteiger partial charge in [0.15, 0.2) is 0 Å². The van der Waals surface area contributed by atoms with E-state index in [-0.39, 0.29) is 18.9 Å². The SMILES string of the molecule is Cc1nc2ccccc2n1C1CC2CCC(C1)N2CC[C@H](NC(=O)C1(C(C)(F)F)CC1)c1ccccc1. The van der Waals surface area contributed by atoms with Crippen LogP contribution < -0.4 is 5.32 Å². The number of imidazole rings is 1. The number of alkyl halides is 2. The Morgan fingerprint density at radius 2 is 1.70 bits per heavy atom. The third kappa shape index (κ3) is 4.35. The smallest absolute Gasteiger partial charge is 0.259 e. The number of aromatic nitrogens is 2. The number of halogens is 2. The van der Waals surface area contributed by atoms with Gasteiger partial charge in [-0.25, -0.2) is 13.8 Å². The Morgan fingerprint density at radius 1 is 1.05 bits per heavy atom. The van der Waals surface area contributed by atoms with Crippen molar-refractivity contribution in [3.8, 4) is 0 Å². The van der Waals surface area contributed by atoms with Crippen LogP contribution in [0.2, 0.25) is 0 Å². The van der Waals surface area contributed by atoms with Gasteiger partial charge < -0.3 is 9.88 Å². The molecule has 2 aliphatic heterocycles. The number of carbonyl (C=O) groups excluding carboxylic acids is 1. The molecule has 2 saturated heterocycles. The van der Waals surface area contributed by atoms with E-state index >= 15 is 0 Å². The molecule has 0 spiro atoms. The molecule has 6 rings (SSSR count). The Balaban J connectivity index is 1.16. The molecular formula is C30H36F2N4O. The minimum absolute atomic E-state index is 0.254. The number of fused-ring (bicyclic) bond motifs is 3. The molecule has 3 atom stereocenters. The number of hydrogen-bond acceptors (Lipinski definition) is 3. The summed E-state index contributed by atoms with van der Waals surface area (Å²) in [7, 11) is 0. The van der Waals surface area contributed by atoms with Crippen molar-refractivity contribution >= 4 is 16.9 Å². The second-order valence-corrected chi connectivity index (χ2v) is 11.5. The Kier molecular flexibility index (Phi) is 6.09. The summed E-state index contributed by atoms with van der Waals surface area (Å²) >= 11 is 0. The number of amides is 1. The molecule has 2 aromatic carbocycles. The summed E-state index contributed by atoms with van der Waals surface area (Å²) in [4.78, 5) is 20.5. The topological polar surface area (TPSA) is 50.2 Å². The van der Waals surface area contributed by atoms with Crippen molar-refractivity contribution in [3.63, 3.8) is 0 Å². The Labute approximate surface area is 217 Å². The van der Waals surface area contributed by atoms with Crippen LogP contribution in [0.4, 0.5) is 8.78 Å². The Morgan fingerprint density at radius 3 is 2.35 bits per heavy atom. The molecule has 2 unspecified atom stereocenters. The number of hydrogen-bond donors (Lipinski definition) is 1. The average molecular weight is 507 g/mol. The lowest BCUT2D eigenvalue weighted by atomic mass is 9.94. The number of piperidine rings is 1. The molecule has 196 valence electrons. The summed E-state index contributed by atoms with van der Waals surface area (Å²) < 4.78 is 30.9. The fraction of sp³-hybridized carbons (Fsp3) is 0.533. The van der Waals surface area contributed by atoms with Gasteiger partial charge in [-0.2, -0.15) is 0 Å². The second kappa shape index (κ2) is 9.19. The predicted octanol–water partition coefficient (Wildman–Crippen LogP) is 6.20. The van der Waals surface area contributed by atoms with E-state index in [9.17, 15) is 13.6 Å². The largest absolute Gasteiger partial charge is 0.349 e. The van der Waals surface area contributed by atoms with Crippen LogP contribution in [0.3, 0.4) is 0 Å². The van der Waals surface area contributed by atoms with Gasteiger partial charge in [0.2, 0.25) is 5.91 Å². The van der Waals surface area contributed by atoms with Gasteiger partial charge in [-0.15, -0.1) is 0 Å². The highest BCUT2D eigenvalue weighted by Gasteiger charge is 2.64. The number of rotatable bonds is 8. The van der Waals surface area contributed by atoms with Crippen molar-refractivity contribution in [1.82, 2.24) is 19.8 Å². The van der Waals surface area contributed by atoms with Gasteiger partial charge in [-0.05, 0) is 69.6 Å². The molecule has 5 nitrogen and oxygen atoms in total. The first-order valence-corrected chi connectivity index (χ1v) is 13.7. The first-order chi connectivity index (χ1) is 17.8. The second-order valence-electron chi connectivity index (χ2n) is 11.5. The third-order valence-corrected chi connectivity index (χ3v) is 9.20. The lowest BCUT2D eigenvalue weighted by molar-refractivity contribution is -0.142. The predicted molar refractivity (Wildman–Crippen MR) is 140 cm³/mol. The van der Waals surface area contributed by atoms with Crippen molar-refractivity contribution in [3.05, 3.63) is 66.0 Å². The van der Waals surface area contributed by atoms with Crippen LogP contribution in [0.25, 0.3) is 11.0 Å². The molecule has 0 radical (unpaired) electrons. The van der Waals surface area contributed by atoms with E-state index in [2.05, 4.69) is 39.9 Å². The highest BCUT2D eigenvalue weighted by Crippen LogP contribution is 2.57. The van der Waals surface area contributed by atoms with Crippen LogP contribution in [-0.4, -0.2) is 44.9 Å². The first kappa shape index (κ1) is 24.5. The molecule has 3 aliphatic rings. The van der Waals surface area contributed by atoms with Gasteiger partial charge in [-0.1, -0.05) is 42.5 Å². The van der Waals surface area contributed by atoms with Gasteiger partial charge >= 0.3 is 0 Å². The average Bonchev–Trinajstić information content (AvgIpc) is 3.59. The molecule has 37 heavy (non-hydrogen) atoms. The number of carbonyl (C=O) groups is 1. The summed E-state index contributed by atoms with van der Waals surface area (Å²) in [6.07, 6.45) is 5.76. The molecule has 1 aliphatic carbocycles. The van der Waals surface area contributed by atoms with Crippen molar-refractivity contribution < 1.29 is 13.6 Å². The molecular weight excluding hydrogens is 470 g/mol. The van der Waals surface area contributed by atoms with Gasteiger partial charge in [0.25, 0.3) is 5.92 Å². The number of para-hydroxylation sites is 2. The van der Waals surface area contributed by atoms with E-state index in [0.29, 0.717) is 24.5 Å². The first-order valence-electron chi connectivity index (χ1n) is 13.7. The lowest BCUT2D eigenvalue weighted by Crippen LogP contribution is -2.46. The summed E-state index contributed by atoms with van der Waals surface area (Å²) in [5.74, 6) is -2.43. The summed E-state index contributed by atoms with van der Waals surface area (Å²) in [6.45, 7) is 3.83. The molecule has 3 fully saturated rings. The number of aryl methyl sites for hydroxylation is 1. The van der Waals surface area contributed by atoms with E-state index in [1.54, 1.807) is 0 Å². The number of nitrogens with zero attached hydrogens (tertiary/aromatic N) is 3. The Hall–Kier alpha value is -2.80. The molecule has 3 heterocycles. The highest BCUT2D eigenvalue weighted by molar-refractivity contribution is 5.86. The van der Waals surface area contributed by atoms with Crippen LogP contribution in [0.1, 0.15) is 75.3 Å². The minimum Gasteiger partial charge on any atom is -0.349 e. The maximum atomic E-state index is 14.3. The van der Waals surface area contributed by atoms with Crippen LogP contribution >= 0.6 is 0 Å². The van der Waals surface area contributed by atoms with Crippen LogP contribution in [0.5, 0.6) is 0 Å². The van der Waals surface area contributed by atoms with E-state index < -0.39 is 17.2 Å². The third-order valence-electron chi connectivity index (χ3n) is 9.20. The van der Waals surface area contributed by atoms with Crippen LogP contribution in [-0.2, 0) is 4.79 Å². The maximum absolute atomic E-state index is 14.3. The van der Waals surface area contributed by atoms with E-state index in [4.69, 9.17) is 4.98 Å². The summed E-state index contributed by atoms with van der Waals surface area (Å²) in [6, 6.07) is 19.3. The standard InChI is InChI=1S/C30H36F2N4O/c1-20-33-26-10-6-7-11-27(26)36(20)24-18-22-12-13-23(19-24)35(22)17-14-25(21-8-4-3-5-9-21)34-28(37)30(15-16-30)29(2,31)32/h3-11,22-25H,12-19H2,1-2H3,(H,34,37)/t22?,23?,24?,25-/m0/s1. The molecule has 7 heteroatoms.